The standard InChI is InChI=1S/C17H14ClFN6O4/c1-8(11-5-10(19)7-21-14(11)18)29-17(28)22-15-13(23-24-25(15)2)12-4-3-9(6-20-12)16(26)27/h3-8H,1-2H3,(H,22,28)(H,26,27)/t8-/m1/s1. The number of nitrogens with one attached hydrogen (secondary N) is 1. The molecule has 29 heavy (non-hydrogen) atoms. The highest BCUT2D eigenvalue weighted by molar-refractivity contribution is 6.30. The van der Waals surface area contributed by atoms with Crippen molar-refractivity contribution in [2.24, 2.45) is 7.05 Å². The lowest BCUT2D eigenvalue weighted by atomic mass is 10.2. The molecule has 0 aliphatic rings. The van der Waals surface area contributed by atoms with Crippen LogP contribution in [0.25, 0.3) is 11.4 Å². The third-order valence-corrected chi connectivity index (χ3v) is 4.17. The van der Waals surface area contributed by atoms with Crippen molar-refractivity contribution in [3.05, 3.63) is 52.7 Å². The first-order chi connectivity index (χ1) is 13.8. The van der Waals surface area contributed by atoms with Gasteiger partial charge in [0.2, 0.25) is 0 Å². The van der Waals surface area contributed by atoms with E-state index in [1.54, 1.807) is 0 Å². The lowest BCUT2D eigenvalue weighted by Crippen LogP contribution is -2.18. The molecule has 0 radical (unpaired) electrons. The van der Waals surface area contributed by atoms with Gasteiger partial charge in [0.25, 0.3) is 0 Å². The maximum absolute atomic E-state index is 13.4. The summed E-state index contributed by atoms with van der Waals surface area (Å²) >= 11 is 5.92. The molecule has 0 spiro atoms. The predicted octanol–water partition coefficient (Wildman–Crippen LogP) is 3.07. The molecule has 2 N–H and O–H groups in total. The molecule has 12 heteroatoms. The number of pyridine rings is 2. The lowest BCUT2D eigenvalue weighted by Gasteiger charge is -2.15. The van der Waals surface area contributed by atoms with Crippen LogP contribution in [0.3, 0.4) is 0 Å². The molecular weight excluding hydrogens is 407 g/mol. The van der Waals surface area contributed by atoms with Crippen molar-refractivity contribution >= 4 is 29.5 Å². The molecule has 0 aliphatic heterocycles. The quantitative estimate of drug-likeness (QED) is 0.602. The second-order valence-corrected chi connectivity index (χ2v) is 6.21. The van der Waals surface area contributed by atoms with E-state index >= 15 is 0 Å². The van der Waals surface area contributed by atoms with E-state index in [0.717, 1.165) is 18.5 Å². The van der Waals surface area contributed by atoms with Crippen LogP contribution in [0.2, 0.25) is 5.15 Å². The number of rotatable bonds is 5. The number of amides is 1. The largest absolute Gasteiger partial charge is 0.478 e. The summed E-state index contributed by atoms with van der Waals surface area (Å²) in [6.07, 6.45) is 0.361. The van der Waals surface area contributed by atoms with Crippen LogP contribution in [-0.4, -0.2) is 42.1 Å². The average molecular weight is 421 g/mol. The summed E-state index contributed by atoms with van der Waals surface area (Å²) in [5.74, 6) is -1.57. The number of carboxylic acid groups (broad SMARTS) is 1. The summed E-state index contributed by atoms with van der Waals surface area (Å²) in [5.41, 5.74) is 0.709. The van der Waals surface area contributed by atoms with Crippen LogP contribution in [0.1, 0.15) is 28.9 Å². The van der Waals surface area contributed by atoms with Crippen molar-refractivity contribution in [1.29, 1.82) is 0 Å². The van der Waals surface area contributed by atoms with Crippen LogP contribution in [0.5, 0.6) is 0 Å². The monoisotopic (exact) mass is 420 g/mol. The molecule has 0 unspecified atom stereocenters. The van der Waals surface area contributed by atoms with E-state index in [9.17, 15) is 14.0 Å². The van der Waals surface area contributed by atoms with Crippen molar-refractivity contribution < 1.29 is 23.8 Å². The smallest absolute Gasteiger partial charge is 0.413 e. The van der Waals surface area contributed by atoms with Gasteiger partial charge in [0.05, 0.1) is 17.5 Å². The Morgan fingerprint density at radius 2 is 2.07 bits per heavy atom. The minimum atomic E-state index is -1.12. The summed E-state index contributed by atoms with van der Waals surface area (Å²) in [5, 5.41) is 19.2. The molecular formula is C17H14ClFN6O4. The van der Waals surface area contributed by atoms with Crippen LogP contribution < -0.4 is 5.32 Å². The number of hydrogen-bond acceptors (Lipinski definition) is 7. The Labute approximate surface area is 168 Å². The molecule has 1 atom stereocenters. The summed E-state index contributed by atoms with van der Waals surface area (Å²) in [7, 11) is 1.54. The molecule has 3 rings (SSSR count). The van der Waals surface area contributed by atoms with Gasteiger partial charge in [0.15, 0.2) is 11.5 Å². The van der Waals surface area contributed by atoms with Gasteiger partial charge in [-0.05, 0) is 25.1 Å². The number of aromatic nitrogens is 5. The van der Waals surface area contributed by atoms with E-state index in [1.807, 2.05) is 0 Å². The maximum atomic E-state index is 13.4. The summed E-state index contributed by atoms with van der Waals surface area (Å²) in [4.78, 5) is 31.0. The van der Waals surface area contributed by atoms with Crippen LogP contribution in [0.4, 0.5) is 15.0 Å². The molecule has 0 fully saturated rings. The summed E-state index contributed by atoms with van der Waals surface area (Å²) in [6.45, 7) is 1.51. The molecule has 150 valence electrons. The van der Waals surface area contributed by atoms with Gasteiger partial charge in [-0.25, -0.2) is 23.6 Å². The number of aromatic carboxylic acids is 1. The number of halogens is 2. The fourth-order valence-electron chi connectivity index (χ4n) is 2.40. The second kappa shape index (κ2) is 8.19. The van der Waals surface area contributed by atoms with Crippen molar-refractivity contribution in [3.8, 4) is 11.4 Å². The van der Waals surface area contributed by atoms with E-state index < -0.39 is 24.0 Å². The van der Waals surface area contributed by atoms with Crippen LogP contribution in [0.15, 0.2) is 30.6 Å². The number of anilines is 1. The van der Waals surface area contributed by atoms with Gasteiger partial charge in [-0.15, -0.1) is 5.10 Å². The van der Waals surface area contributed by atoms with Crippen LogP contribution >= 0.6 is 11.6 Å². The number of carboxylic acids is 1. The van der Waals surface area contributed by atoms with Crippen molar-refractivity contribution in [1.82, 2.24) is 25.0 Å². The summed E-state index contributed by atoms with van der Waals surface area (Å²) < 4.78 is 19.9. The zero-order valence-electron chi connectivity index (χ0n) is 15.1. The van der Waals surface area contributed by atoms with E-state index in [1.165, 1.54) is 30.8 Å². The van der Waals surface area contributed by atoms with Crippen molar-refractivity contribution in [3.63, 3.8) is 0 Å². The topological polar surface area (TPSA) is 132 Å². The van der Waals surface area contributed by atoms with E-state index in [2.05, 4.69) is 25.6 Å². The number of nitrogens with zero attached hydrogens (tertiary/aromatic N) is 5. The number of ether oxygens (including phenoxy) is 1. The predicted molar refractivity (Wildman–Crippen MR) is 98.9 cm³/mol. The molecule has 0 bridgehead atoms. The minimum Gasteiger partial charge on any atom is -0.478 e. The Kier molecular flexibility index (Phi) is 5.69. The van der Waals surface area contributed by atoms with Crippen LogP contribution in [0, 0.1) is 5.82 Å². The zero-order chi connectivity index (χ0) is 21.1. The van der Waals surface area contributed by atoms with Crippen LogP contribution in [-0.2, 0) is 11.8 Å². The fraction of sp³-hybridized carbons (Fsp3) is 0.176. The number of carbonyl (C=O) groups excluding carboxylic acids is 1. The highest BCUT2D eigenvalue weighted by Crippen LogP contribution is 2.27. The van der Waals surface area contributed by atoms with E-state index in [0.29, 0.717) is 5.69 Å². The average Bonchev–Trinajstić information content (AvgIpc) is 3.04. The SMILES string of the molecule is C[C@@H](OC(=O)Nc1c(-c2ccc(C(=O)O)cn2)nnn1C)c1cc(F)cnc1Cl. The van der Waals surface area contributed by atoms with Gasteiger partial charge < -0.3 is 9.84 Å². The van der Waals surface area contributed by atoms with Gasteiger partial charge in [0.1, 0.15) is 17.1 Å². The Morgan fingerprint density at radius 1 is 1.31 bits per heavy atom. The molecule has 3 aromatic heterocycles. The molecule has 0 aromatic carbocycles. The first kappa shape index (κ1) is 20.1. The molecule has 0 saturated heterocycles. The zero-order valence-corrected chi connectivity index (χ0v) is 15.9. The highest BCUT2D eigenvalue weighted by Gasteiger charge is 2.21. The van der Waals surface area contributed by atoms with Crippen molar-refractivity contribution in [2.75, 3.05) is 5.32 Å². The number of carbonyl (C=O) groups is 2. The number of aryl methyl sites for hydroxylation is 1. The Balaban J connectivity index is 1.78. The highest BCUT2D eigenvalue weighted by atomic mass is 35.5. The normalized spacial score (nSPS) is 11.7. The molecule has 1 amide bonds. The van der Waals surface area contributed by atoms with Gasteiger partial charge in [0, 0.05) is 18.8 Å². The van der Waals surface area contributed by atoms with Gasteiger partial charge in [-0.1, -0.05) is 16.8 Å². The van der Waals surface area contributed by atoms with Gasteiger partial charge in [-0.2, -0.15) is 0 Å². The third kappa shape index (κ3) is 4.46. The molecule has 0 aliphatic carbocycles. The number of hydrogen-bond donors (Lipinski definition) is 2. The minimum absolute atomic E-state index is 0.000894. The van der Waals surface area contributed by atoms with E-state index in [4.69, 9.17) is 21.4 Å². The first-order valence-electron chi connectivity index (χ1n) is 8.14. The van der Waals surface area contributed by atoms with Crippen molar-refractivity contribution in [2.45, 2.75) is 13.0 Å². The van der Waals surface area contributed by atoms with Gasteiger partial charge >= 0.3 is 12.1 Å². The second-order valence-electron chi connectivity index (χ2n) is 5.85. The molecule has 3 aromatic rings. The first-order valence-corrected chi connectivity index (χ1v) is 8.52. The molecule has 0 saturated carbocycles. The lowest BCUT2D eigenvalue weighted by molar-refractivity contribution is 0.0696. The summed E-state index contributed by atoms with van der Waals surface area (Å²) in [6, 6.07) is 3.91. The Bertz CT molecular complexity index is 1070. The fourth-order valence-corrected chi connectivity index (χ4v) is 2.66. The van der Waals surface area contributed by atoms with E-state index in [-0.39, 0.29) is 27.8 Å². The Hall–Kier alpha value is -3.60. The maximum Gasteiger partial charge on any atom is 0.413 e. The van der Waals surface area contributed by atoms with Gasteiger partial charge in [-0.3, -0.25) is 10.3 Å². The third-order valence-electron chi connectivity index (χ3n) is 3.85. The molecule has 10 nitrogen and oxygen atoms in total. The Morgan fingerprint density at radius 3 is 2.72 bits per heavy atom. The molecule has 3 heterocycles.